The molecule has 4 unspecified atom stereocenters. The van der Waals surface area contributed by atoms with Crippen LogP contribution in [0.4, 0.5) is 0 Å². The molecular weight excluding hydrogens is 244 g/mol. The van der Waals surface area contributed by atoms with Crippen LogP contribution in [0.15, 0.2) is 30.3 Å². The number of likely N-dealkylation sites (tertiary alicyclic amines) is 1. The second-order valence-corrected chi connectivity index (χ2v) is 6.61. The molecule has 110 valence electrons. The van der Waals surface area contributed by atoms with Crippen LogP contribution in [-0.4, -0.2) is 36.6 Å². The molecule has 1 heterocycles. The van der Waals surface area contributed by atoms with E-state index in [0.29, 0.717) is 6.04 Å². The van der Waals surface area contributed by atoms with Crippen LogP contribution in [0.1, 0.15) is 50.5 Å². The Hall–Kier alpha value is -0.860. The number of likely N-dealkylation sites (N-methyl/N-ethyl adjacent to an activating group) is 1. The third kappa shape index (κ3) is 2.77. The van der Waals surface area contributed by atoms with E-state index in [1.807, 2.05) is 0 Å². The first-order valence-corrected chi connectivity index (χ1v) is 8.27. The maximum Gasteiger partial charge on any atom is 0.0257 e. The highest BCUT2D eigenvalue weighted by molar-refractivity contribution is 5.21. The molecule has 1 saturated heterocycles. The summed E-state index contributed by atoms with van der Waals surface area (Å²) in [7, 11) is 2.14. The van der Waals surface area contributed by atoms with E-state index >= 15 is 0 Å². The summed E-state index contributed by atoms with van der Waals surface area (Å²) in [5.74, 6) is 0.749. The Kier molecular flexibility index (Phi) is 4.42. The molecule has 1 aliphatic heterocycles. The van der Waals surface area contributed by atoms with Crippen molar-refractivity contribution >= 4 is 0 Å². The minimum atomic E-state index is 0.676. The SMILES string of the molecule is CNC1CCC(c2ccccc2)CC1N1CCCC1C. The topological polar surface area (TPSA) is 15.3 Å². The Morgan fingerprint density at radius 3 is 2.55 bits per heavy atom. The number of benzene rings is 1. The maximum atomic E-state index is 3.58. The van der Waals surface area contributed by atoms with E-state index in [9.17, 15) is 0 Å². The molecule has 2 aliphatic rings. The van der Waals surface area contributed by atoms with Crippen LogP contribution in [0.2, 0.25) is 0 Å². The summed E-state index contributed by atoms with van der Waals surface area (Å²) < 4.78 is 0. The van der Waals surface area contributed by atoms with Crippen molar-refractivity contribution in [2.24, 2.45) is 0 Å². The fraction of sp³-hybridized carbons (Fsp3) is 0.667. The van der Waals surface area contributed by atoms with Gasteiger partial charge in [0, 0.05) is 18.1 Å². The van der Waals surface area contributed by atoms with Crippen LogP contribution in [0.25, 0.3) is 0 Å². The summed E-state index contributed by atoms with van der Waals surface area (Å²) >= 11 is 0. The Morgan fingerprint density at radius 1 is 1.10 bits per heavy atom. The highest BCUT2D eigenvalue weighted by Gasteiger charge is 2.37. The van der Waals surface area contributed by atoms with Crippen LogP contribution in [0.3, 0.4) is 0 Å². The summed E-state index contributed by atoms with van der Waals surface area (Å²) in [6.07, 6.45) is 6.71. The van der Waals surface area contributed by atoms with Gasteiger partial charge in [-0.2, -0.15) is 0 Å². The lowest BCUT2D eigenvalue weighted by atomic mass is 9.78. The van der Waals surface area contributed by atoms with Gasteiger partial charge in [0.1, 0.15) is 0 Å². The summed E-state index contributed by atoms with van der Waals surface area (Å²) in [6, 6.07) is 13.3. The van der Waals surface area contributed by atoms with E-state index < -0.39 is 0 Å². The molecule has 2 heteroatoms. The van der Waals surface area contributed by atoms with E-state index in [-0.39, 0.29) is 0 Å². The van der Waals surface area contributed by atoms with Crippen LogP contribution in [0.5, 0.6) is 0 Å². The van der Waals surface area contributed by atoms with Crippen molar-refractivity contribution in [3.63, 3.8) is 0 Å². The molecule has 2 fully saturated rings. The largest absolute Gasteiger partial charge is 0.315 e. The first kappa shape index (κ1) is 14.1. The molecule has 1 aliphatic carbocycles. The van der Waals surface area contributed by atoms with Crippen molar-refractivity contribution in [3.8, 4) is 0 Å². The maximum absolute atomic E-state index is 3.58. The van der Waals surface area contributed by atoms with E-state index in [0.717, 1.165) is 18.0 Å². The first-order valence-electron chi connectivity index (χ1n) is 8.27. The van der Waals surface area contributed by atoms with Gasteiger partial charge < -0.3 is 5.32 Å². The van der Waals surface area contributed by atoms with Crippen molar-refractivity contribution in [3.05, 3.63) is 35.9 Å². The predicted molar refractivity (Wildman–Crippen MR) is 85.1 cm³/mol. The Bertz CT molecular complexity index is 417. The number of nitrogens with one attached hydrogen (secondary N) is 1. The van der Waals surface area contributed by atoms with Gasteiger partial charge in [-0.05, 0) is 64.1 Å². The zero-order valence-electron chi connectivity index (χ0n) is 12.9. The standard InChI is InChI=1S/C18H28N2/c1-14-7-6-12-20(14)18-13-16(10-11-17(18)19-2)15-8-4-3-5-9-15/h3-5,8-9,14,16-19H,6-7,10-13H2,1-2H3. The average molecular weight is 272 g/mol. The van der Waals surface area contributed by atoms with Crippen molar-refractivity contribution < 1.29 is 0 Å². The van der Waals surface area contributed by atoms with Crippen LogP contribution >= 0.6 is 0 Å². The van der Waals surface area contributed by atoms with Gasteiger partial charge in [0.25, 0.3) is 0 Å². The van der Waals surface area contributed by atoms with Crippen LogP contribution in [0, 0.1) is 0 Å². The van der Waals surface area contributed by atoms with Gasteiger partial charge in [-0.3, -0.25) is 4.90 Å². The molecule has 1 aromatic carbocycles. The smallest absolute Gasteiger partial charge is 0.0257 e. The minimum Gasteiger partial charge on any atom is -0.315 e. The molecule has 0 radical (unpaired) electrons. The molecule has 3 rings (SSSR count). The number of hydrogen-bond acceptors (Lipinski definition) is 2. The van der Waals surface area contributed by atoms with Gasteiger partial charge in [-0.25, -0.2) is 0 Å². The van der Waals surface area contributed by atoms with E-state index in [1.165, 1.54) is 38.6 Å². The Morgan fingerprint density at radius 2 is 1.90 bits per heavy atom. The molecule has 1 saturated carbocycles. The summed E-state index contributed by atoms with van der Waals surface area (Å²) in [5, 5.41) is 3.58. The van der Waals surface area contributed by atoms with Gasteiger partial charge in [0.05, 0.1) is 0 Å². The second kappa shape index (κ2) is 6.28. The molecule has 20 heavy (non-hydrogen) atoms. The molecule has 0 aromatic heterocycles. The average Bonchev–Trinajstić information content (AvgIpc) is 2.93. The summed E-state index contributed by atoms with van der Waals surface area (Å²) in [6.45, 7) is 3.71. The normalized spacial score (nSPS) is 35.3. The van der Waals surface area contributed by atoms with E-state index in [2.05, 4.69) is 54.5 Å². The number of rotatable bonds is 3. The lowest BCUT2D eigenvalue weighted by Gasteiger charge is -2.43. The molecule has 4 atom stereocenters. The minimum absolute atomic E-state index is 0.676. The Labute approximate surface area is 123 Å². The van der Waals surface area contributed by atoms with Crippen LogP contribution in [-0.2, 0) is 0 Å². The zero-order valence-corrected chi connectivity index (χ0v) is 12.9. The van der Waals surface area contributed by atoms with Gasteiger partial charge in [0.2, 0.25) is 0 Å². The third-order valence-electron chi connectivity index (χ3n) is 5.49. The molecular formula is C18H28N2. The Balaban J connectivity index is 1.75. The van der Waals surface area contributed by atoms with E-state index in [1.54, 1.807) is 5.56 Å². The fourth-order valence-corrected chi connectivity index (χ4v) is 4.33. The lowest BCUT2D eigenvalue weighted by molar-refractivity contribution is 0.110. The van der Waals surface area contributed by atoms with Crippen molar-refractivity contribution in [2.75, 3.05) is 13.6 Å². The third-order valence-corrected chi connectivity index (χ3v) is 5.49. The highest BCUT2D eigenvalue weighted by Crippen LogP contribution is 2.37. The van der Waals surface area contributed by atoms with Gasteiger partial charge in [-0.1, -0.05) is 30.3 Å². The van der Waals surface area contributed by atoms with Crippen molar-refractivity contribution in [1.82, 2.24) is 10.2 Å². The quantitative estimate of drug-likeness (QED) is 0.907. The molecule has 0 amide bonds. The first-order chi connectivity index (χ1) is 9.79. The number of hydrogen-bond donors (Lipinski definition) is 1. The predicted octanol–water partition coefficient (Wildman–Crippen LogP) is 3.40. The fourth-order valence-electron chi connectivity index (χ4n) is 4.33. The van der Waals surface area contributed by atoms with E-state index in [4.69, 9.17) is 0 Å². The van der Waals surface area contributed by atoms with Gasteiger partial charge in [-0.15, -0.1) is 0 Å². The molecule has 1 N–H and O–H groups in total. The zero-order chi connectivity index (χ0) is 13.9. The van der Waals surface area contributed by atoms with Crippen molar-refractivity contribution in [1.29, 1.82) is 0 Å². The second-order valence-electron chi connectivity index (χ2n) is 6.61. The molecule has 1 aromatic rings. The lowest BCUT2D eigenvalue weighted by Crippen LogP contribution is -2.53. The van der Waals surface area contributed by atoms with Crippen LogP contribution < -0.4 is 5.32 Å². The molecule has 0 spiro atoms. The van der Waals surface area contributed by atoms with Gasteiger partial charge in [0.15, 0.2) is 0 Å². The summed E-state index contributed by atoms with van der Waals surface area (Å²) in [4.78, 5) is 2.77. The summed E-state index contributed by atoms with van der Waals surface area (Å²) in [5.41, 5.74) is 1.54. The highest BCUT2D eigenvalue weighted by atomic mass is 15.2. The van der Waals surface area contributed by atoms with Gasteiger partial charge >= 0.3 is 0 Å². The molecule has 2 nitrogen and oxygen atoms in total. The monoisotopic (exact) mass is 272 g/mol. The number of nitrogens with zero attached hydrogens (tertiary/aromatic N) is 1. The molecule has 0 bridgehead atoms. The van der Waals surface area contributed by atoms with Crippen molar-refractivity contribution in [2.45, 2.75) is 63.1 Å².